The van der Waals surface area contributed by atoms with Crippen molar-refractivity contribution in [1.82, 2.24) is 15.0 Å². The Balaban J connectivity index is 2.17. The fourth-order valence-corrected chi connectivity index (χ4v) is 2.85. The Hall–Kier alpha value is -0.860. The second kappa shape index (κ2) is 4.33. The molecule has 0 unspecified atom stereocenters. The summed E-state index contributed by atoms with van der Waals surface area (Å²) in [5.41, 5.74) is 0. The van der Waals surface area contributed by atoms with Crippen LogP contribution in [-0.4, -0.2) is 15.0 Å². The molecule has 1 heterocycles. The summed E-state index contributed by atoms with van der Waals surface area (Å²) < 4.78 is 2.07. The van der Waals surface area contributed by atoms with Crippen LogP contribution < -0.4 is 0 Å². The third-order valence-corrected chi connectivity index (χ3v) is 3.77. The highest BCUT2D eigenvalue weighted by molar-refractivity contribution is 4.85. The lowest BCUT2D eigenvalue weighted by molar-refractivity contribution is 0.137. The molecule has 0 amide bonds. The van der Waals surface area contributed by atoms with Crippen LogP contribution >= 0.6 is 0 Å². The maximum Gasteiger partial charge on any atom is 0.0693 e. The van der Waals surface area contributed by atoms with Crippen molar-refractivity contribution in [2.24, 2.45) is 17.8 Å². The molecule has 3 heteroatoms. The molecule has 2 rings (SSSR count). The summed E-state index contributed by atoms with van der Waals surface area (Å²) in [6.07, 6.45) is 7.76. The molecule has 0 aliphatic heterocycles. The first kappa shape index (κ1) is 10.7. The van der Waals surface area contributed by atoms with Crippen molar-refractivity contribution >= 4 is 0 Å². The van der Waals surface area contributed by atoms with Gasteiger partial charge in [0.05, 0.1) is 12.2 Å². The summed E-state index contributed by atoms with van der Waals surface area (Å²) in [5, 5.41) is 8.10. The quantitative estimate of drug-likeness (QED) is 0.746. The number of aromatic nitrogens is 3. The number of hydrogen-bond acceptors (Lipinski definition) is 2. The molecule has 0 spiro atoms. The zero-order valence-electron chi connectivity index (χ0n) is 9.93. The van der Waals surface area contributed by atoms with Crippen molar-refractivity contribution in [2.75, 3.05) is 0 Å². The first-order valence-corrected chi connectivity index (χ1v) is 6.04. The average molecular weight is 207 g/mol. The van der Waals surface area contributed by atoms with Crippen molar-refractivity contribution in [3.8, 4) is 0 Å². The Labute approximate surface area is 91.9 Å². The molecule has 1 saturated carbocycles. The van der Waals surface area contributed by atoms with E-state index in [4.69, 9.17) is 0 Å². The summed E-state index contributed by atoms with van der Waals surface area (Å²) in [7, 11) is 0. The fourth-order valence-electron chi connectivity index (χ4n) is 2.85. The van der Waals surface area contributed by atoms with E-state index in [0.29, 0.717) is 6.04 Å². The normalized spacial score (nSPS) is 32.1. The molecule has 1 fully saturated rings. The number of rotatable bonds is 2. The van der Waals surface area contributed by atoms with Crippen LogP contribution in [0, 0.1) is 17.8 Å². The topological polar surface area (TPSA) is 30.7 Å². The maximum atomic E-state index is 4.17. The molecule has 1 aromatic heterocycles. The highest BCUT2D eigenvalue weighted by Crippen LogP contribution is 2.40. The fraction of sp³-hybridized carbons (Fsp3) is 0.833. The third kappa shape index (κ3) is 2.21. The zero-order chi connectivity index (χ0) is 10.8. The van der Waals surface area contributed by atoms with Crippen LogP contribution in [0.5, 0.6) is 0 Å². The minimum absolute atomic E-state index is 0.566. The molecule has 3 nitrogen and oxygen atoms in total. The van der Waals surface area contributed by atoms with Crippen molar-refractivity contribution in [1.29, 1.82) is 0 Å². The van der Waals surface area contributed by atoms with Gasteiger partial charge < -0.3 is 0 Å². The first-order valence-electron chi connectivity index (χ1n) is 6.04. The van der Waals surface area contributed by atoms with E-state index in [0.717, 1.165) is 17.8 Å². The van der Waals surface area contributed by atoms with Crippen molar-refractivity contribution in [3.05, 3.63) is 12.4 Å². The molecule has 0 bridgehead atoms. The van der Waals surface area contributed by atoms with E-state index in [1.807, 2.05) is 6.20 Å². The summed E-state index contributed by atoms with van der Waals surface area (Å²) in [4.78, 5) is 0. The minimum atomic E-state index is 0.566. The Kier molecular flexibility index (Phi) is 3.08. The average Bonchev–Trinajstić information content (AvgIpc) is 2.69. The number of nitrogens with zero attached hydrogens (tertiary/aromatic N) is 3. The summed E-state index contributed by atoms with van der Waals surface area (Å²) in [6.45, 7) is 7.00. The highest BCUT2D eigenvalue weighted by atomic mass is 15.4. The standard InChI is InChI=1S/C12H21N3/c1-9(2)11-5-4-10(3)8-12(11)15-7-6-13-14-15/h6-7,9-12H,4-5,8H2,1-3H3/t10-,11+,12-/m1/s1. The second-order valence-electron chi connectivity index (χ2n) is 5.28. The molecule has 84 valence electrons. The Morgan fingerprint density at radius 1 is 1.33 bits per heavy atom. The van der Waals surface area contributed by atoms with Gasteiger partial charge in [0.2, 0.25) is 0 Å². The molecule has 15 heavy (non-hydrogen) atoms. The van der Waals surface area contributed by atoms with Gasteiger partial charge >= 0.3 is 0 Å². The molecule has 1 aliphatic rings. The third-order valence-electron chi connectivity index (χ3n) is 3.77. The lowest BCUT2D eigenvalue weighted by Gasteiger charge is -2.37. The van der Waals surface area contributed by atoms with Crippen LogP contribution in [0.2, 0.25) is 0 Å². The molecular formula is C12H21N3. The summed E-state index contributed by atoms with van der Waals surface area (Å²) in [5.74, 6) is 2.34. The van der Waals surface area contributed by atoms with E-state index in [9.17, 15) is 0 Å². The van der Waals surface area contributed by atoms with Gasteiger partial charge in [-0.25, -0.2) is 4.68 Å². The molecule has 1 aromatic rings. The van der Waals surface area contributed by atoms with Crippen LogP contribution in [0.4, 0.5) is 0 Å². The Morgan fingerprint density at radius 3 is 2.73 bits per heavy atom. The molecule has 0 N–H and O–H groups in total. The molecule has 3 atom stereocenters. The van der Waals surface area contributed by atoms with Gasteiger partial charge in [0.1, 0.15) is 0 Å². The van der Waals surface area contributed by atoms with Gasteiger partial charge in [0, 0.05) is 6.20 Å². The van der Waals surface area contributed by atoms with Gasteiger partial charge in [-0.15, -0.1) is 5.10 Å². The summed E-state index contributed by atoms with van der Waals surface area (Å²) in [6, 6.07) is 0.566. The lowest BCUT2D eigenvalue weighted by Crippen LogP contribution is -2.30. The zero-order valence-corrected chi connectivity index (χ0v) is 9.93. The van der Waals surface area contributed by atoms with E-state index in [1.165, 1.54) is 19.3 Å². The monoisotopic (exact) mass is 207 g/mol. The predicted octanol–water partition coefficient (Wildman–Crippen LogP) is 2.91. The van der Waals surface area contributed by atoms with Crippen LogP contribution in [0.3, 0.4) is 0 Å². The Bertz CT molecular complexity index is 292. The molecule has 1 aliphatic carbocycles. The predicted molar refractivity (Wildman–Crippen MR) is 60.4 cm³/mol. The van der Waals surface area contributed by atoms with Crippen molar-refractivity contribution in [2.45, 2.75) is 46.1 Å². The largest absolute Gasteiger partial charge is 0.249 e. The van der Waals surface area contributed by atoms with Gasteiger partial charge in [-0.1, -0.05) is 32.4 Å². The lowest BCUT2D eigenvalue weighted by atomic mass is 9.74. The van der Waals surface area contributed by atoms with Crippen molar-refractivity contribution in [3.63, 3.8) is 0 Å². The molecular weight excluding hydrogens is 186 g/mol. The van der Waals surface area contributed by atoms with E-state index in [2.05, 4.69) is 35.8 Å². The van der Waals surface area contributed by atoms with Crippen LogP contribution in [0.1, 0.15) is 46.1 Å². The van der Waals surface area contributed by atoms with E-state index < -0.39 is 0 Å². The smallest absolute Gasteiger partial charge is 0.0693 e. The Morgan fingerprint density at radius 2 is 2.13 bits per heavy atom. The van der Waals surface area contributed by atoms with Gasteiger partial charge in [0.25, 0.3) is 0 Å². The minimum Gasteiger partial charge on any atom is -0.249 e. The molecule has 0 radical (unpaired) electrons. The molecule has 0 aromatic carbocycles. The van der Waals surface area contributed by atoms with Crippen LogP contribution in [0.25, 0.3) is 0 Å². The van der Waals surface area contributed by atoms with E-state index in [-0.39, 0.29) is 0 Å². The van der Waals surface area contributed by atoms with Crippen molar-refractivity contribution < 1.29 is 0 Å². The van der Waals surface area contributed by atoms with E-state index in [1.54, 1.807) is 6.20 Å². The summed E-state index contributed by atoms with van der Waals surface area (Å²) >= 11 is 0. The van der Waals surface area contributed by atoms with Gasteiger partial charge in [-0.05, 0) is 30.6 Å². The SMILES string of the molecule is CC(C)[C@@H]1CC[C@@H](C)C[C@H]1n1ccnn1. The highest BCUT2D eigenvalue weighted by Gasteiger charge is 2.32. The maximum absolute atomic E-state index is 4.17. The van der Waals surface area contributed by atoms with Crippen LogP contribution in [0.15, 0.2) is 12.4 Å². The van der Waals surface area contributed by atoms with E-state index >= 15 is 0 Å². The first-order chi connectivity index (χ1) is 7.18. The van der Waals surface area contributed by atoms with Gasteiger partial charge in [-0.3, -0.25) is 0 Å². The van der Waals surface area contributed by atoms with Gasteiger partial charge in [0.15, 0.2) is 0 Å². The number of hydrogen-bond donors (Lipinski definition) is 0. The molecule has 0 saturated heterocycles. The second-order valence-corrected chi connectivity index (χ2v) is 5.28. The van der Waals surface area contributed by atoms with Gasteiger partial charge in [-0.2, -0.15) is 0 Å². The van der Waals surface area contributed by atoms with Crippen LogP contribution in [-0.2, 0) is 0 Å².